The first-order valence-electron chi connectivity index (χ1n) is 12.5. The Morgan fingerprint density at radius 1 is 0.969 bits per heavy atom. The third kappa shape index (κ3) is 4.68. The summed E-state index contributed by atoms with van der Waals surface area (Å²) in [5.41, 5.74) is 3.00. The molecule has 1 saturated heterocycles. The smallest absolute Gasteiger partial charge is 0.274 e. The zero-order valence-electron chi connectivity index (χ0n) is 19.0. The molecule has 3 heterocycles. The first-order valence-corrected chi connectivity index (χ1v) is 12.5. The van der Waals surface area contributed by atoms with E-state index in [4.69, 9.17) is 0 Å². The molecule has 0 spiro atoms. The van der Waals surface area contributed by atoms with Crippen LogP contribution in [-0.2, 0) is 17.8 Å². The highest BCUT2D eigenvalue weighted by Crippen LogP contribution is 2.35. The molecule has 2 bridgehead atoms. The van der Waals surface area contributed by atoms with Gasteiger partial charge >= 0.3 is 0 Å². The molecule has 32 heavy (non-hydrogen) atoms. The number of carbonyl (C=O) groups excluding carboxylic acids is 1. The molecule has 1 aromatic heterocycles. The Morgan fingerprint density at radius 2 is 1.78 bits per heavy atom. The Balaban J connectivity index is 1.23. The molecule has 0 unspecified atom stereocenters. The fourth-order valence-corrected chi connectivity index (χ4v) is 6.07. The van der Waals surface area contributed by atoms with Gasteiger partial charge in [0.25, 0.3) is 5.56 Å². The number of pyridine rings is 1. The third-order valence-corrected chi connectivity index (χ3v) is 7.70. The number of likely N-dealkylation sites (tertiary alicyclic amines) is 1. The van der Waals surface area contributed by atoms with Gasteiger partial charge in [-0.05, 0) is 62.3 Å². The van der Waals surface area contributed by atoms with E-state index >= 15 is 0 Å². The molecule has 2 aliphatic heterocycles. The van der Waals surface area contributed by atoms with Crippen molar-refractivity contribution in [3.8, 4) is 0 Å². The number of nitrogens with zero attached hydrogens (tertiary/aromatic N) is 2. The Kier molecular flexibility index (Phi) is 6.44. The predicted octanol–water partition coefficient (Wildman–Crippen LogP) is 4.42. The van der Waals surface area contributed by atoms with Gasteiger partial charge in [-0.15, -0.1) is 0 Å². The van der Waals surface area contributed by atoms with Crippen LogP contribution in [0.4, 0.5) is 5.69 Å². The highest BCUT2D eigenvalue weighted by Gasteiger charge is 2.35. The number of benzene rings is 1. The van der Waals surface area contributed by atoms with Gasteiger partial charge in [0, 0.05) is 37.2 Å². The fourth-order valence-electron chi connectivity index (χ4n) is 6.07. The number of amides is 1. The zero-order chi connectivity index (χ0) is 21.9. The van der Waals surface area contributed by atoms with Crippen molar-refractivity contribution in [2.24, 2.45) is 11.8 Å². The van der Waals surface area contributed by atoms with Gasteiger partial charge in [0.1, 0.15) is 5.69 Å². The monoisotopic (exact) mass is 433 g/mol. The largest absolute Gasteiger partial charge is 0.321 e. The van der Waals surface area contributed by atoms with Crippen LogP contribution in [0.3, 0.4) is 0 Å². The molecular formula is C27H35N3O2. The normalized spacial score (nSPS) is 23.5. The number of rotatable bonds is 6. The van der Waals surface area contributed by atoms with Crippen LogP contribution in [0.1, 0.15) is 62.1 Å². The molecule has 5 nitrogen and oxygen atoms in total. The Hall–Kier alpha value is -2.40. The van der Waals surface area contributed by atoms with Gasteiger partial charge in [-0.2, -0.15) is 0 Å². The summed E-state index contributed by atoms with van der Waals surface area (Å²) in [7, 11) is 0. The van der Waals surface area contributed by atoms with Gasteiger partial charge in [-0.25, -0.2) is 0 Å². The molecule has 1 aromatic carbocycles. The van der Waals surface area contributed by atoms with Gasteiger partial charge in [0.05, 0.1) is 0 Å². The van der Waals surface area contributed by atoms with Crippen LogP contribution in [-0.4, -0.2) is 35.0 Å². The third-order valence-electron chi connectivity index (χ3n) is 7.70. The quantitative estimate of drug-likeness (QED) is 0.734. The van der Waals surface area contributed by atoms with Crippen LogP contribution in [0, 0.1) is 11.8 Å². The summed E-state index contributed by atoms with van der Waals surface area (Å²) in [6.45, 7) is 3.98. The highest BCUT2D eigenvalue weighted by molar-refractivity contribution is 5.92. The topological polar surface area (TPSA) is 54.3 Å². The highest BCUT2D eigenvalue weighted by atomic mass is 16.2. The van der Waals surface area contributed by atoms with Crippen molar-refractivity contribution in [2.45, 2.75) is 63.8 Å². The van der Waals surface area contributed by atoms with Crippen molar-refractivity contribution in [1.29, 1.82) is 0 Å². The number of anilines is 1. The molecule has 1 N–H and O–H groups in total. The van der Waals surface area contributed by atoms with Crippen LogP contribution in [0.25, 0.3) is 0 Å². The Labute approximate surface area is 190 Å². The van der Waals surface area contributed by atoms with Crippen molar-refractivity contribution in [1.82, 2.24) is 9.47 Å². The summed E-state index contributed by atoms with van der Waals surface area (Å²) in [5, 5.41) is 2.97. The van der Waals surface area contributed by atoms with Gasteiger partial charge in [0.15, 0.2) is 0 Å². The summed E-state index contributed by atoms with van der Waals surface area (Å²) in [6.07, 6.45) is 8.80. The number of fused-ring (bicyclic) bond motifs is 4. The lowest BCUT2D eigenvalue weighted by Crippen LogP contribution is -2.47. The van der Waals surface area contributed by atoms with Crippen LogP contribution in [0.15, 0.2) is 47.3 Å². The van der Waals surface area contributed by atoms with Gasteiger partial charge in [-0.3, -0.25) is 9.59 Å². The summed E-state index contributed by atoms with van der Waals surface area (Å²) in [5.74, 6) is 1.02. The van der Waals surface area contributed by atoms with E-state index in [2.05, 4.69) is 46.6 Å². The standard InChI is InChI=1S/C27H35N3O2/c31-26(22-11-5-2-6-12-22)28-24-13-14-25-23-16-21(18-30(25)27(24)32)17-29(19-23)15-7-10-20-8-3-1-4-9-20/h1,3-4,8-9,13-14,21-23H,2,5-7,10-12,15-19H2,(H,28,31)/t21-,23-/m1/s1. The van der Waals surface area contributed by atoms with Crippen LogP contribution in [0.2, 0.25) is 0 Å². The number of hydrogen-bond donors (Lipinski definition) is 1. The van der Waals surface area contributed by atoms with Crippen molar-refractivity contribution in [3.05, 3.63) is 64.1 Å². The van der Waals surface area contributed by atoms with Crippen LogP contribution < -0.4 is 10.9 Å². The lowest BCUT2D eigenvalue weighted by atomic mass is 9.83. The Morgan fingerprint density at radius 3 is 2.59 bits per heavy atom. The summed E-state index contributed by atoms with van der Waals surface area (Å²) in [4.78, 5) is 28.5. The number of aromatic nitrogens is 1. The number of hydrogen-bond acceptors (Lipinski definition) is 3. The lowest BCUT2D eigenvalue weighted by Gasteiger charge is -2.43. The van der Waals surface area contributed by atoms with Crippen LogP contribution in [0.5, 0.6) is 0 Å². The average Bonchev–Trinajstić information content (AvgIpc) is 2.82. The molecule has 1 saturated carbocycles. The molecule has 2 fully saturated rings. The van der Waals surface area contributed by atoms with Crippen molar-refractivity contribution in [3.63, 3.8) is 0 Å². The second-order valence-electron chi connectivity index (χ2n) is 10.1. The summed E-state index contributed by atoms with van der Waals surface area (Å²) < 4.78 is 1.95. The van der Waals surface area contributed by atoms with E-state index in [0.717, 1.165) is 64.0 Å². The molecule has 2 atom stereocenters. The van der Waals surface area contributed by atoms with Crippen molar-refractivity contribution >= 4 is 11.6 Å². The fraction of sp³-hybridized carbons (Fsp3) is 0.556. The maximum absolute atomic E-state index is 13.2. The molecule has 1 aliphatic carbocycles. The maximum Gasteiger partial charge on any atom is 0.274 e. The van der Waals surface area contributed by atoms with Gasteiger partial charge < -0.3 is 14.8 Å². The minimum absolute atomic E-state index is 0.0149. The van der Waals surface area contributed by atoms with E-state index in [1.54, 1.807) is 0 Å². The van der Waals surface area contributed by atoms with E-state index in [1.165, 1.54) is 24.8 Å². The molecule has 2 aromatic rings. The molecule has 170 valence electrons. The SMILES string of the molecule is O=C(Nc1ccc2n(c1=O)C[C@@H]1C[C@@H]2CN(CCCc2ccccc2)C1)C1CCCCC1. The molecule has 3 aliphatic rings. The number of carbonyl (C=O) groups is 1. The first-order chi connectivity index (χ1) is 15.7. The molecule has 1 amide bonds. The average molecular weight is 434 g/mol. The molecule has 5 heteroatoms. The Bertz CT molecular complexity index is 994. The predicted molar refractivity (Wildman–Crippen MR) is 128 cm³/mol. The van der Waals surface area contributed by atoms with Crippen molar-refractivity contribution < 1.29 is 4.79 Å². The minimum Gasteiger partial charge on any atom is -0.321 e. The first kappa shape index (κ1) is 21.4. The van der Waals surface area contributed by atoms with E-state index in [0.29, 0.717) is 17.5 Å². The summed E-state index contributed by atoms with van der Waals surface area (Å²) in [6, 6.07) is 14.6. The minimum atomic E-state index is -0.0149. The van der Waals surface area contributed by atoms with E-state index in [9.17, 15) is 9.59 Å². The number of aryl methyl sites for hydroxylation is 1. The van der Waals surface area contributed by atoms with Gasteiger partial charge in [0.2, 0.25) is 5.91 Å². The van der Waals surface area contributed by atoms with E-state index < -0.39 is 0 Å². The second kappa shape index (κ2) is 9.62. The van der Waals surface area contributed by atoms with Gasteiger partial charge in [-0.1, -0.05) is 49.6 Å². The van der Waals surface area contributed by atoms with E-state index in [1.807, 2.05) is 10.6 Å². The molecular weight excluding hydrogens is 398 g/mol. The lowest BCUT2D eigenvalue weighted by molar-refractivity contribution is -0.120. The second-order valence-corrected chi connectivity index (χ2v) is 10.1. The van der Waals surface area contributed by atoms with Crippen LogP contribution >= 0.6 is 0 Å². The zero-order valence-corrected chi connectivity index (χ0v) is 19.0. The molecule has 5 rings (SSSR count). The molecule has 0 radical (unpaired) electrons. The maximum atomic E-state index is 13.2. The number of nitrogens with one attached hydrogen (secondary N) is 1. The summed E-state index contributed by atoms with van der Waals surface area (Å²) >= 11 is 0. The van der Waals surface area contributed by atoms with Crippen molar-refractivity contribution in [2.75, 3.05) is 25.0 Å². The number of piperidine rings is 1. The van der Waals surface area contributed by atoms with E-state index in [-0.39, 0.29) is 17.4 Å².